The van der Waals surface area contributed by atoms with E-state index in [4.69, 9.17) is 4.42 Å². The van der Waals surface area contributed by atoms with Crippen LogP contribution < -0.4 is 0 Å². The van der Waals surface area contributed by atoms with Crippen LogP contribution >= 0.6 is 0 Å². The van der Waals surface area contributed by atoms with Crippen LogP contribution in [0.5, 0.6) is 0 Å². The summed E-state index contributed by atoms with van der Waals surface area (Å²) in [5, 5.41) is 7.93. The second-order valence-corrected chi connectivity index (χ2v) is 7.67. The van der Waals surface area contributed by atoms with Crippen molar-refractivity contribution in [3.05, 3.63) is 36.0 Å². The second-order valence-electron chi connectivity index (χ2n) is 5.44. The van der Waals surface area contributed by atoms with Gasteiger partial charge in [-0.1, -0.05) is 0 Å². The molecule has 1 fully saturated rings. The van der Waals surface area contributed by atoms with Gasteiger partial charge in [-0.25, -0.2) is 12.8 Å². The van der Waals surface area contributed by atoms with Gasteiger partial charge >= 0.3 is 0 Å². The molecule has 0 radical (unpaired) electrons. The van der Waals surface area contributed by atoms with Gasteiger partial charge in [0.25, 0.3) is 0 Å². The molecule has 3 rings (SSSR count). The fraction of sp³-hybridized carbons (Fsp3) is 0.429. The van der Waals surface area contributed by atoms with Crippen LogP contribution in [0.3, 0.4) is 0 Å². The summed E-state index contributed by atoms with van der Waals surface area (Å²) >= 11 is 0. The van der Waals surface area contributed by atoms with Gasteiger partial charge in [-0.3, -0.25) is 4.90 Å². The van der Waals surface area contributed by atoms with Crippen LogP contribution in [0.2, 0.25) is 0 Å². The maximum Gasteiger partial charge on any atom is 0.247 e. The zero-order valence-electron chi connectivity index (χ0n) is 12.1. The molecule has 0 N–H and O–H groups in total. The normalized spacial score (nSPS) is 21.8. The third-order valence-corrected chi connectivity index (χ3v) is 5.50. The van der Waals surface area contributed by atoms with E-state index in [2.05, 4.69) is 10.2 Å². The average molecular weight is 325 g/mol. The summed E-state index contributed by atoms with van der Waals surface area (Å²) in [5.41, 5.74) is 0.648. The molecule has 1 atom stereocenters. The van der Waals surface area contributed by atoms with Gasteiger partial charge in [0.05, 0.1) is 18.1 Å². The molecular formula is C14H16FN3O3S. The first-order valence-electron chi connectivity index (χ1n) is 6.96. The fourth-order valence-corrected chi connectivity index (χ4v) is 4.09. The highest BCUT2D eigenvalue weighted by Crippen LogP contribution is 2.20. The minimum absolute atomic E-state index is 0.0834. The molecule has 22 heavy (non-hydrogen) atoms. The monoisotopic (exact) mass is 325 g/mol. The van der Waals surface area contributed by atoms with E-state index in [1.165, 1.54) is 12.1 Å². The highest BCUT2D eigenvalue weighted by molar-refractivity contribution is 7.91. The van der Waals surface area contributed by atoms with Crippen LogP contribution in [0.15, 0.2) is 28.7 Å². The van der Waals surface area contributed by atoms with Crippen molar-refractivity contribution in [3.63, 3.8) is 0 Å². The molecule has 1 aromatic carbocycles. The molecule has 118 valence electrons. The van der Waals surface area contributed by atoms with Gasteiger partial charge < -0.3 is 4.42 Å². The standard InChI is InChI=1S/C14H16FN3O3S/c1-10-9-22(19,20)7-6-18(10)8-13-16-17-14(21-13)11-2-4-12(15)5-3-11/h2-5,10H,6-9H2,1H3/t10-/m1/s1. The Balaban J connectivity index is 1.71. The van der Waals surface area contributed by atoms with Crippen molar-refractivity contribution >= 4 is 9.84 Å². The molecule has 0 spiro atoms. The Hall–Kier alpha value is -1.80. The van der Waals surface area contributed by atoms with Crippen molar-refractivity contribution in [1.29, 1.82) is 0 Å². The van der Waals surface area contributed by atoms with Crippen molar-refractivity contribution in [1.82, 2.24) is 15.1 Å². The molecular weight excluding hydrogens is 309 g/mol. The second kappa shape index (κ2) is 5.77. The van der Waals surface area contributed by atoms with Crippen LogP contribution in [-0.4, -0.2) is 47.6 Å². The van der Waals surface area contributed by atoms with Crippen LogP contribution in [0, 0.1) is 5.82 Å². The molecule has 0 amide bonds. The first-order valence-corrected chi connectivity index (χ1v) is 8.78. The molecule has 1 aromatic heterocycles. The number of benzene rings is 1. The number of sulfone groups is 1. The zero-order valence-corrected chi connectivity index (χ0v) is 12.9. The molecule has 0 unspecified atom stereocenters. The van der Waals surface area contributed by atoms with Gasteiger partial charge in [-0.05, 0) is 31.2 Å². The molecule has 0 bridgehead atoms. The van der Waals surface area contributed by atoms with Crippen molar-refractivity contribution in [2.45, 2.75) is 19.5 Å². The summed E-state index contributed by atoms with van der Waals surface area (Å²) in [6.07, 6.45) is 0. The molecule has 1 saturated heterocycles. The summed E-state index contributed by atoms with van der Waals surface area (Å²) in [6, 6.07) is 5.72. The summed E-state index contributed by atoms with van der Waals surface area (Å²) in [4.78, 5) is 2.00. The minimum Gasteiger partial charge on any atom is -0.419 e. The summed E-state index contributed by atoms with van der Waals surface area (Å²) < 4.78 is 41.6. The van der Waals surface area contributed by atoms with Gasteiger partial charge in [0.2, 0.25) is 11.8 Å². The Kier molecular flexibility index (Phi) is 3.96. The first-order chi connectivity index (χ1) is 10.4. The smallest absolute Gasteiger partial charge is 0.247 e. The molecule has 2 heterocycles. The lowest BCUT2D eigenvalue weighted by Gasteiger charge is -2.31. The number of hydrogen-bond acceptors (Lipinski definition) is 6. The molecule has 1 aliphatic rings. The predicted octanol–water partition coefficient (Wildman–Crippen LogP) is 1.49. The van der Waals surface area contributed by atoms with E-state index in [0.717, 1.165) is 0 Å². The lowest BCUT2D eigenvalue weighted by molar-refractivity contribution is 0.198. The molecule has 6 nitrogen and oxygen atoms in total. The Morgan fingerprint density at radius 3 is 2.73 bits per heavy atom. The number of hydrogen-bond donors (Lipinski definition) is 0. The van der Waals surface area contributed by atoms with E-state index >= 15 is 0 Å². The van der Waals surface area contributed by atoms with Crippen molar-refractivity contribution in [2.24, 2.45) is 0 Å². The minimum atomic E-state index is -2.94. The number of aromatic nitrogens is 2. The fourth-order valence-electron chi connectivity index (χ4n) is 2.47. The quantitative estimate of drug-likeness (QED) is 0.851. The van der Waals surface area contributed by atoms with E-state index in [1.54, 1.807) is 12.1 Å². The lowest BCUT2D eigenvalue weighted by Crippen LogP contribution is -2.46. The van der Waals surface area contributed by atoms with Crippen molar-refractivity contribution < 1.29 is 17.2 Å². The van der Waals surface area contributed by atoms with E-state index < -0.39 is 9.84 Å². The number of rotatable bonds is 3. The maximum atomic E-state index is 12.9. The Morgan fingerprint density at radius 2 is 2.05 bits per heavy atom. The van der Waals surface area contributed by atoms with Crippen molar-refractivity contribution in [2.75, 3.05) is 18.1 Å². The van der Waals surface area contributed by atoms with Gasteiger partial charge in [-0.2, -0.15) is 0 Å². The predicted molar refractivity (Wildman–Crippen MR) is 78.2 cm³/mol. The topological polar surface area (TPSA) is 76.3 Å². The number of halogens is 1. The third kappa shape index (κ3) is 3.33. The van der Waals surface area contributed by atoms with Crippen LogP contribution in [0.25, 0.3) is 11.5 Å². The molecule has 0 saturated carbocycles. The van der Waals surface area contributed by atoms with Gasteiger partial charge in [0, 0.05) is 18.2 Å². The van der Waals surface area contributed by atoms with E-state index in [1.807, 2.05) is 11.8 Å². The van der Waals surface area contributed by atoms with Gasteiger partial charge in [-0.15, -0.1) is 10.2 Å². The molecule has 2 aromatic rings. The van der Waals surface area contributed by atoms with Gasteiger partial charge in [0.1, 0.15) is 5.82 Å². The molecule has 0 aliphatic carbocycles. The van der Waals surface area contributed by atoms with Crippen LogP contribution in [0.4, 0.5) is 4.39 Å². The molecule has 1 aliphatic heterocycles. The maximum absolute atomic E-state index is 12.9. The summed E-state index contributed by atoms with van der Waals surface area (Å²) in [5.74, 6) is 0.715. The Morgan fingerprint density at radius 1 is 1.32 bits per heavy atom. The average Bonchev–Trinajstić information content (AvgIpc) is 2.91. The number of nitrogens with zero attached hydrogens (tertiary/aromatic N) is 3. The largest absolute Gasteiger partial charge is 0.419 e. The van der Waals surface area contributed by atoms with Crippen LogP contribution in [-0.2, 0) is 16.4 Å². The van der Waals surface area contributed by atoms with E-state index in [0.29, 0.717) is 30.4 Å². The Labute approximate surface area is 127 Å². The third-order valence-electron chi connectivity index (χ3n) is 3.70. The van der Waals surface area contributed by atoms with E-state index in [-0.39, 0.29) is 23.4 Å². The lowest BCUT2D eigenvalue weighted by atomic mass is 10.2. The van der Waals surface area contributed by atoms with Crippen molar-refractivity contribution in [3.8, 4) is 11.5 Å². The zero-order chi connectivity index (χ0) is 15.7. The molecule has 8 heteroatoms. The summed E-state index contributed by atoms with van der Waals surface area (Å²) in [6.45, 7) is 2.73. The first kappa shape index (κ1) is 15.1. The summed E-state index contributed by atoms with van der Waals surface area (Å²) in [7, 11) is -2.94. The van der Waals surface area contributed by atoms with Crippen LogP contribution in [0.1, 0.15) is 12.8 Å². The highest BCUT2D eigenvalue weighted by Gasteiger charge is 2.29. The highest BCUT2D eigenvalue weighted by atomic mass is 32.2. The Bertz CT molecular complexity index is 758. The SMILES string of the molecule is C[C@@H]1CS(=O)(=O)CCN1Cc1nnc(-c2ccc(F)cc2)o1. The van der Waals surface area contributed by atoms with Gasteiger partial charge in [0.15, 0.2) is 9.84 Å². The van der Waals surface area contributed by atoms with E-state index in [9.17, 15) is 12.8 Å².